The fourth-order valence-corrected chi connectivity index (χ4v) is 2.14. The van der Waals surface area contributed by atoms with Crippen LogP contribution < -0.4 is 0 Å². The molecule has 1 heterocycles. The molecule has 0 amide bonds. The molecule has 5 nitrogen and oxygen atoms in total. The van der Waals surface area contributed by atoms with Crippen LogP contribution >= 0.6 is 15.9 Å². The van der Waals surface area contributed by atoms with Gasteiger partial charge in [0.1, 0.15) is 12.3 Å². The normalized spacial score (nSPS) is 11.7. The summed E-state index contributed by atoms with van der Waals surface area (Å²) < 4.78 is 7.62. The zero-order valence-electron chi connectivity index (χ0n) is 11.5. The van der Waals surface area contributed by atoms with Crippen LogP contribution in [0.25, 0.3) is 0 Å². The fraction of sp³-hybridized carbons (Fsp3) is 0.267. The molecule has 2 aromatic rings. The number of hydrogen-bond donors (Lipinski definition) is 0. The lowest BCUT2D eigenvalue weighted by atomic mass is 10.0. The molecule has 0 N–H and O–H groups in total. The molecule has 108 valence electrons. The highest BCUT2D eigenvalue weighted by molar-refractivity contribution is 9.10. The first kappa shape index (κ1) is 15.3. The van der Waals surface area contributed by atoms with Gasteiger partial charge in [-0.25, -0.2) is 4.79 Å². The summed E-state index contributed by atoms with van der Waals surface area (Å²) in [6, 6.07) is 11.5. The second-order valence-electron chi connectivity index (χ2n) is 4.60. The molecule has 0 aliphatic heterocycles. The molecule has 0 radical (unpaired) electrons. The number of rotatable bonds is 5. The van der Waals surface area contributed by atoms with Gasteiger partial charge in [-0.1, -0.05) is 28.1 Å². The molecule has 0 aliphatic rings. The molecule has 0 spiro atoms. The summed E-state index contributed by atoms with van der Waals surface area (Å²) >= 11 is 3.36. The minimum Gasteiger partial charge on any atom is -0.460 e. The van der Waals surface area contributed by atoms with E-state index in [4.69, 9.17) is 4.74 Å². The van der Waals surface area contributed by atoms with Crippen molar-refractivity contribution in [1.82, 2.24) is 9.78 Å². The van der Waals surface area contributed by atoms with E-state index >= 15 is 0 Å². The summed E-state index contributed by atoms with van der Waals surface area (Å²) in [4.78, 5) is 11.8. The summed E-state index contributed by atoms with van der Waals surface area (Å²) in [5, 5.41) is 13.1. The van der Waals surface area contributed by atoms with E-state index in [9.17, 15) is 10.1 Å². The second kappa shape index (κ2) is 7.04. The van der Waals surface area contributed by atoms with Crippen molar-refractivity contribution >= 4 is 21.9 Å². The van der Waals surface area contributed by atoms with Gasteiger partial charge < -0.3 is 4.74 Å². The number of aromatic nitrogens is 2. The van der Waals surface area contributed by atoms with Crippen LogP contribution in [0, 0.1) is 17.2 Å². The van der Waals surface area contributed by atoms with Crippen LogP contribution in [0.4, 0.5) is 0 Å². The number of aryl methyl sites for hydroxylation is 1. The molecule has 0 aliphatic carbocycles. The SMILES string of the molecule is Cn1nccc1C(=O)OC[C@H](C#N)Cc1ccc(Br)cc1. The van der Waals surface area contributed by atoms with Crippen molar-refractivity contribution in [2.75, 3.05) is 6.61 Å². The van der Waals surface area contributed by atoms with Crippen LogP contribution in [0.2, 0.25) is 0 Å². The smallest absolute Gasteiger partial charge is 0.356 e. The summed E-state index contributed by atoms with van der Waals surface area (Å²) in [6.45, 7) is 0.0660. The van der Waals surface area contributed by atoms with E-state index in [1.54, 1.807) is 13.1 Å². The van der Waals surface area contributed by atoms with Crippen molar-refractivity contribution in [3.63, 3.8) is 0 Å². The van der Waals surface area contributed by atoms with E-state index in [2.05, 4.69) is 27.1 Å². The summed E-state index contributed by atoms with van der Waals surface area (Å²) in [6.07, 6.45) is 2.07. The Morgan fingerprint density at radius 1 is 1.43 bits per heavy atom. The maximum absolute atomic E-state index is 11.8. The molecule has 6 heteroatoms. The Morgan fingerprint density at radius 2 is 2.14 bits per heavy atom. The van der Waals surface area contributed by atoms with Gasteiger partial charge in [0.05, 0.1) is 12.0 Å². The van der Waals surface area contributed by atoms with E-state index in [1.807, 2.05) is 24.3 Å². The minimum absolute atomic E-state index is 0.0660. The van der Waals surface area contributed by atoms with Gasteiger partial charge in [-0.05, 0) is 30.2 Å². The average molecular weight is 348 g/mol. The van der Waals surface area contributed by atoms with Crippen LogP contribution in [0.15, 0.2) is 41.0 Å². The Labute approximate surface area is 131 Å². The van der Waals surface area contributed by atoms with E-state index < -0.39 is 5.97 Å². The zero-order chi connectivity index (χ0) is 15.2. The maximum atomic E-state index is 11.8. The first-order valence-corrected chi connectivity index (χ1v) is 7.18. The lowest BCUT2D eigenvalue weighted by Gasteiger charge is -2.10. The fourth-order valence-electron chi connectivity index (χ4n) is 1.87. The number of nitrogens with zero attached hydrogens (tertiary/aromatic N) is 3. The quantitative estimate of drug-likeness (QED) is 0.779. The molecule has 0 fully saturated rings. The number of carbonyl (C=O) groups is 1. The number of nitriles is 1. The lowest BCUT2D eigenvalue weighted by Crippen LogP contribution is -2.17. The van der Waals surface area contributed by atoms with Gasteiger partial charge in [0.2, 0.25) is 0 Å². The first-order valence-electron chi connectivity index (χ1n) is 6.39. The number of halogens is 1. The van der Waals surface area contributed by atoms with E-state index in [0.717, 1.165) is 10.0 Å². The van der Waals surface area contributed by atoms with Crippen molar-refractivity contribution in [2.24, 2.45) is 13.0 Å². The van der Waals surface area contributed by atoms with Gasteiger partial charge in [-0.15, -0.1) is 0 Å². The van der Waals surface area contributed by atoms with Gasteiger partial charge in [-0.2, -0.15) is 10.4 Å². The van der Waals surface area contributed by atoms with Crippen molar-refractivity contribution in [1.29, 1.82) is 5.26 Å². The summed E-state index contributed by atoms with van der Waals surface area (Å²) in [5.41, 5.74) is 1.40. The third-order valence-electron chi connectivity index (χ3n) is 3.02. The lowest BCUT2D eigenvalue weighted by molar-refractivity contribution is 0.0455. The van der Waals surface area contributed by atoms with Crippen LogP contribution in [0.5, 0.6) is 0 Å². The maximum Gasteiger partial charge on any atom is 0.356 e. The monoisotopic (exact) mass is 347 g/mol. The molecular formula is C15H14BrN3O2. The average Bonchev–Trinajstić information content (AvgIpc) is 2.91. The van der Waals surface area contributed by atoms with Gasteiger partial charge in [0, 0.05) is 17.7 Å². The molecule has 0 saturated carbocycles. The Bertz CT molecular complexity index is 658. The Morgan fingerprint density at radius 3 is 2.71 bits per heavy atom. The van der Waals surface area contributed by atoms with Crippen molar-refractivity contribution < 1.29 is 9.53 Å². The van der Waals surface area contributed by atoms with Gasteiger partial charge in [-0.3, -0.25) is 4.68 Å². The predicted molar refractivity (Wildman–Crippen MR) is 80.4 cm³/mol. The van der Waals surface area contributed by atoms with Crippen LogP contribution in [-0.2, 0) is 18.2 Å². The third-order valence-corrected chi connectivity index (χ3v) is 3.55. The highest BCUT2D eigenvalue weighted by Gasteiger charge is 2.15. The van der Waals surface area contributed by atoms with Crippen LogP contribution in [0.1, 0.15) is 16.1 Å². The molecule has 2 rings (SSSR count). The molecule has 1 atom stereocenters. The molecule has 0 bridgehead atoms. The van der Waals surface area contributed by atoms with Gasteiger partial charge in [0.15, 0.2) is 0 Å². The Hall–Kier alpha value is -2.13. The van der Waals surface area contributed by atoms with E-state index in [1.165, 1.54) is 10.9 Å². The number of hydrogen-bond acceptors (Lipinski definition) is 4. The first-order chi connectivity index (χ1) is 10.1. The van der Waals surface area contributed by atoms with Crippen molar-refractivity contribution in [2.45, 2.75) is 6.42 Å². The summed E-state index contributed by atoms with van der Waals surface area (Å²) in [5.74, 6) is -0.839. The topological polar surface area (TPSA) is 67.9 Å². The van der Waals surface area contributed by atoms with E-state index in [-0.39, 0.29) is 12.5 Å². The van der Waals surface area contributed by atoms with Crippen LogP contribution in [0.3, 0.4) is 0 Å². The Kier molecular flexibility index (Phi) is 5.12. The highest BCUT2D eigenvalue weighted by Crippen LogP contribution is 2.14. The van der Waals surface area contributed by atoms with E-state index in [0.29, 0.717) is 12.1 Å². The minimum atomic E-state index is -0.467. The van der Waals surface area contributed by atoms with Gasteiger partial charge in [0.25, 0.3) is 0 Å². The highest BCUT2D eigenvalue weighted by atomic mass is 79.9. The number of ether oxygens (including phenoxy) is 1. The van der Waals surface area contributed by atoms with Crippen LogP contribution in [-0.4, -0.2) is 22.4 Å². The zero-order valence-corrected chi connectivity index (χ0v) is 13.1. The number of esters is 1. The largest absolute Gasteiger partial charge is 0.460 e. The molecule has 0 unspecified atom stereocenters. The molecular weight excluding hydrogens is 334 g/mol. The Balaban J connectivity index is 1.91. The molecule has 1 aromatic carbocycles. The molecule has 21 heavy (non-hydrogen) atoms. The predicted octanol–water partition coefficient (Wildman–Crippen LogP) is 2.72. The standard InChI is InChI=1S/C15H14BrN3O2/c1-19-14(6-7-18-19)15(20)21-10-12(9-17)8-11-2-4-13(16)5-3-11/h2-7,12H,8,10H2,1H3/t12-/m0/s1. The third kappa shape index (κ3) is 4.17. The molecule has 1 aromatic heterocycles. The van der Waals surface area contributed by atoms with Gasteiger partial charge >= 0.3 is 5.97 Å². The second-order valence-corrected chi connectivity index (χ2v) is 5.51. The van der Waals surface area contributed by atoms with Crippen molar-refractivity contribution in [3.8, 4) is 6.07 Å². The number of carbonyl (C=O) groups excluding carboxylic acids is 1. The molecule has 0 saturated heterocycles. The summed E-state index contributed by atoms with van der Waals surface area (Å²) in [7, 11) is 1.67. The number of benzene rings is 1. The van der Waals surface area contributed by atoms with Crippen molar-refractivity contribution in [3.05, 3.63) is 52.3 Å².